The number of nitro groups is 1. The molecule has 1 fully saturated rings. The number of aliphatic hydroxyl groups is 1. The quantitative estimate of drug-likeness (QED) is 0.654. The highest BCUT2D eigenvalue weighted by Crippen LogP contribution is 2.32. The number of ether oxygens (including phenoxy) is 1. The summed E-state index contributed by atoms with van der Waals surface area (Å²) in [5, 5.41) is 25.4. The van der Waals surface area contributed by atoms with Gasteiger partial charge in [-0.15, -0.1) is 0 Å². The van der Waals surface area contributed by atoms with Gasteiger partial charge in [-0.2, -0.15) is 5.10 Å². The van der Waals surface area contributed by atoms with E-state index >= 15 is 0 Å². The summed E-state index contributed by atoms with van der Waals surface area (Å²) in [6, 6.07) is -0.449. The Hall–Kier alpha value is -2.16. The van der Waals surface area contributed by atoms with Crippen LogP contribution in [0, 0.1) is 10.1 Å². The van der Waals surface area contributed by atoms with Crippen LogP contribution in [0.1, 0.15) is 40.2 Å². The molecule has 2 atom stereocenters. The van der Waals surface area contributed by atoms with Crippen LogP contribution in [0.25, 0.3) is 0 Å². The van der Waals surface area contributed by atoms with Gasteiger partial charge < -0.3 is 14.7 Å². The minimum absolute atomic E-state index is 0.0697. The lowest BCUT2D eigenvalue weighted by Gasteiger charge is -2.42. The van der Waals surface area contributed by atoms with Crippen LogP contribution in [0.4, 0.5) is 10.5 Å². The first-order chi connectivity index (χ1) is 10.5. The summed E-state index contributed by atoms with van der Waals surface area (Å²) in [7, 11) is 0. The molecule has 1 aliphatic rings. The second kappa shape index (κ2) is 5.80. The molecule has 0 spiro atoms. The van der Waals surface area contributed by atoms with E-state index < -0.39 is 28.3 Å². The fourth-order valence-corrected chi connectivity index (χ4v) is 2.65. The standard InChI is InChI=1S/C14H22N4O5/c1-13(2,3)23-12(19)16-6-5-11(14(4,20)9-16)17-8-10(7-15-17)18(21)22/h7-8,11,20H,5-6,9H2,1-4H3. The lowest BCUT2D eigenvalue weighted by molar-refractivity contribution is -0.385. The van der Waals surface area contributed by atoms with Crippen molar-refractivity contribution < 1.29 is 19.6 Å². The zero-order valence-corrected chi connectivity index (χ0v) is 13.7. The van der Waals surface area contributed by atoms with Crippen LogP contribution in [0.2, 0.25) is 0 Å². The van der Waals surface area contributed by atoms with Crippen molar-refractivity contribution in [3.63, 3.8) is 0 Å². The number of aromatic nitrogens is 2. The van der Waals surface area contributed by atoms with E-state index in [2.05, 4.69) is 5.10 Å². The minimum atomic E-state index is -1.27. The Morgan fingerprint density at radius 3 is 2.70 bits per heavy atom. The molecule has 1 aromatic rings. The van der Waals surface area contributed by atoms with Gasteiger partial charge in [-0.05, 0) is 34.1 Å². The fraction of sp³-hybridized carbons (Fsp3) is 0.714. The topological polar surface area (TPSA) is 111 Å². The van der Waals surface area contributed by atoms with Crippen LogP contribution in [0.15, 0.2) is 12.4 Å². The second-order valence-corrected chi connectivity index (χ2v) is 7.00. The number of amides is 1. The molecule has 2 unspecified atom stereocenters. The van der Waals surface area contributed by atoms with Gasteiger partial charge in [0.2, 0.25) is 0 Å². The van der Waals surface area contributed by atoms with E-state index in [4.69, 9.17) is 4.74 Å². The third kappa shape index (κ3) is 3.98. The van der Waals surface area contributed by atoms with Crippen molar-refractivity contribution in [3.05, 3.63) is 22.5 Å². The summed E-state index contributed by atoms with van der Waals surface area (Å²) in [4.78, 5) is 23.8. The van der Waals surface area contributed by atoms with E-state index in [9.17, 15) is 20.0 Å². The Morgan fingerprint density at radius 1 is 1.57 bits per heavy atom. The van der Waals surface area contributed by atoms with Crippen LogP contribution >= 0.6 is 0 Å². The number of carbonyl (C=O) groups is 1. The van der Waals surface area contributed by atoms with Gasteiger partial charge in [0.25, 0.3) is 0 Å². The first-order valence-corrected chi connectivity index (χ1v) is 7.38. The van der Waals surface area contributed by atoms with Gasteiger partial charge in [-0.1, -0.05) is 0 Å². The molecular weight excluding hydrogens is 304 g/mol. The Morgan fingerprint density at radius 2 is 2.22 bits per heavy atom. The lowest BCUT2D eigenvalue weighted by Crippen LogP contribution is -2.55. The zero-order chi connectivity index (χ0) is 17.4. The van der Waals surface area contributed by atoms with Crippen molar-refractivity contribution in [2.24, 2.45) is 0 Å². The number of hydrogen-bond acceptors (Lipinski definition) is 6. The fourth-order valence-electron chi connectivity index (χ4n) is 2.65. The Labute approximate surface area is 134 Å². The molecule has 128 valence electrons. The van der Waals surface area contributed by atoms with E-state index in [0.717, 1.165) is 6.20 Å². The predicted octanol–water partition coefficient (Wildman–Crippen LogP) is 1.72. The number of likely N-dealkylation sites (tertiary alicyclic amines) is 1. The van der Waals surface area contributed by atoms with Crippen molar-refractivity contribution in [3.8, 4) is 0 Å². The van der Waals surface area contributed by atoms with Crippen molar-refractivity contribution in [1.82, 2.24) is 14.7 Å². The third-order valence-electron chi connectivity index (χ3n) is 3.67. The monoisotopic (exact) mass is 326 g/mol. The van der Waals surface area contributed by atoms with E-state index in [1.54, 1.807) is 27.7 Å². The normalized spacial score (nSPS) is 25.3. The first kappa shape index (κ1) is 17.2. The summed E-state index contributed by atoms with van der Waals surface area (Å²) in [6.07, 6.45) is 2.38. The molecule has 0 aromatic carbocycles. The number of hydrogen-bond donors (Lipinski definition) is 1. The summed E-state index contributed by atoms with van der Waals surface area (Å²) in [5.41, 5.74) is -2.01. The highest BCUT2D eigenvalue weighted by atomic mass is 16.6. The largest absolute Gasteiger partial charge is 0.444 e. The highest BCUT2D eigenvalue weighted by molar-refractivity contribution is 5.68. The van der Waals surface area contributed by atoms with Crippen molar-refractivity contribution in [2.75, 3.05) is 13.1 Å². The van der Waals surface area contributed by atoms with Crippen LogP contribution < -0.4 is 0 Å². The number of β-amino-alcohol motifs (C(OH)–C–C–N with tert-alkyl or cyclic N) is 1. The average molecular weight is 326 g/mol. The third-order valence-corrected chi connectivity index (χ3v) is 3.67. The van der Waals surface area contributed by atoms with Gasteiger partial charge >= 0.3 is 11.8 Å². The van der Waals surface area contributed by atoms with Crippen molar-refractivity contribution in [2.45, 2.75) is 51.4 Å². The molecule has 23 heavy (non-hydrogen) atoms. The maximum atomic E-state index is 12.1. The number of nitrogens with zero attached hydrogens (tertiary/aromatic N) is 4. The molecule has 0 radical (unpaired) electrons. The molecular formula is C14H22N4O5. The number of rotatable bonds is 2. The van der Waals surface area contributed by atoms with Gasteiger partial charge in [0.1, 0.15) is 23.6 Å². The molecule has 0 aliphatic carbocycles. The van der Waals surface area contributed by atoms with Crippen LogP contribution in [0.3, 0.4) is 0 Å². The molecule has 9 heteroatoms. The van der Waals surface area contributed by atoms with Crippen molar-refractivity contribution >= 4 is 11.8 Å². The summed E-state index contributed by atoms with van der Waals surface area (Å²) < 4.78 is 6.70. The first-order valence-electron chi connectivity index (χ1n) is 7.38. The molecule has 2 heterocycles. The molecule has 9 nitrogen and oxygen atoms in total. The minimum Gasteiger partial charge on any atom is -0.444 e. The van der Waals surface area contributed by atoms with Gasteiger partial charge in [0.05, 0.1) is 17.5 Å². The second-order valence-electron chi connectivity index (χ2n) is 7.00. The number of carbonyl (C=O) groups excluding carboxylic acids is 1. The summed E-state index contributed by atoms with van der Waals surface area (Å²) >= 11 is 0. The maximum Gasteiger partial charge on any atom is 0.410 e. The SMILES string of the molecule is CC(C)(C)OC(=O)N1CCC(n2cc([N+](=O)[O-])cn2)C(C)(O)C1. The molecule has 1 aliphatic heterocycles. The van der Waals surface area contributed by atoms with Gasteiger partial charge in [-0.25, -0.2) is 4.79 Å². The van der Waals surface area contributed by atoms with Crippen LogP contribution in [0.5, 0.6) is 0 Å². The summed E-state index contributed by atoms with van der Waals surface area (Å²) in [5.74, 6) is 0. The molecule has 1 saturated heterocycles. The summed E-state index contributed by atoms with van der Waals surface area (Å²) in [6.45, 7) is 7.36. The average Bonchev–Trinajstić information content (AvgIpc) is 2.84. The van der Waals surface area contributed by atoms with E-state index in [0.29, 0.717) is 13.0 Å². The smallest absolute Gasteiger partial charge is 0.410 e. The van der Waals surface area contributed by atoms with Gasteiger partial charge in [0.15, 0.2) is 0 Å². The van der Waals surface area contributed by atoms with Crippen LogP contribution in [-0.4, -0.2) is 55.1 Å². The number of piperidine rings is 1. The van der Waals surface area contributed by atoms with Crippen LogP contribution in [-0.2, 0) is 4.74 Å². The zero-order valence-electron chi connectivity index (χ0n) is 13.7. The Balaban J connectivity index is 2.10. The van der Waals surface area contributed by atoms with E-state index in [-0.39, 0.29) is 12.2 Å². The van der Waals surface area contributed by atoms with Gasteiger partial charge in [-0.3, -0.25) is 14.8 Å². The predicted molar refractivity (Wildman–Crippen MR) is 81.0 cm³/mol. The lowest BCUT2D eigenvalue weighted by atomic mass is 9.89. The molecule has 0 saturated carbocycles. The van der Waals surface area contributed by atoms with Crippen molar-refractivity contribution in [1.29, 1.82) is 0 Å². The Bertz CT molecular complexity index is 605. The molecule has 1 aromatic heterocycles. The molecule has 1 amide bonds. The molecule has 2 rings (SSSR count). The van der Waals surface area contributed by atoms with Gasteiger partial charge in [0, 0.05) is 6.54 Å². The van der Waals surface area contributed by atoms with E-state index in [1.807, 2.05) is 0 Å². The highest BCUT2D eigenvalue weighted by Gasteiger charge is 2.42. The Kier molecular flexibility index (Phi) is 4.34. The maximum absolute atomic E-state index is 12.1. The van der Waals surface area contributed by atoms with E-state index in [1.165, 1.54) is 15.8 Å². The molecule has 1 N–H and O–H groups in total. The molecule has 0 bridgehead atoms.